The van der Waals surface area contributed by atoms with E-state index in [2.05, 4.69) is 32.6 Å². The summed E-state index contributed by atoms with van der Waals surface area (Å²) in [6.45, 7) is 3.04. The number of hydrogen-bond acceptors (Lipinski definition) is 6. The summed E-state index contributed by atoms with van der Waals surface area (Å²) in [4.78, 5) is 9.40. The Balaban J connectivity index is 1.39. The molecule has 1 saturated heterocycles. The molecule has 6 heteroatoms. The number of likely N-dealkylation sites (tertiary alicyclic amines) is 1. The Labute approximate surface area is 124 Å². The van der Waals surface area contributed by atoms with Crippen LogP contribution in [0.3, 0.4) is 0 Å². The maximum atomic E-state index is 5.40. The lowest BCUT2D eigenvalue weighted by molar-refractivity contribution is 0.118. The number of thiophene rings is 2. The minimum atomic E-state index is 0.385. The fourth-order valence-electron chi connectivity index (χ4n) is 2.38. The van der Waals surface area contributed by atoms with E-state index in [1.165, 1.54) is 4.88 Å². The zero-order valence-corrected chi connectivity index (χ0v) is 12.4. The van der Waals surface area contributed by atoms with Gasteiger partial charge in [-0.05, 0) is 22.9 Å². The van der Waals surface area contributed by atoms with Gasteiger partial charge < -0.3 is 4.52 Å². The molecule has 4 rings (SSSR count). The van der Waals surface area contributed by atoms with Crippen molar-refractivity contribution < 1.29 is 4.52 Å². The van der Waals surface area contributed by atoms with Gasteiger partial charge in [-0.25, -0.2) is 0 Å². The Morgan fingerprint density at radius 1 is 1.20 bits per heavy atom. The Kier molecular flexibility index (Phi) is 3.14. The van der Waals surface area contributed by atoms with Gasteiger partial charge in [0.15, 0.2) is 0 Å². The molecule has 0 amide bonds. The van der Waals surface area contributed by atoms with Gasteiger partial charge >= 0.3 is 0 Å². The van der Waals surface area contributed by atoms with Crippen LogP contribution in [0.1, 0.15) is 16.7 Å². The minimum Gasteiger partial charge on any atom is -0.339 e. The van der Waals surface area contributed by atoms with E-state index in [-0.39, 0.29) is 0 Å². The van der Waals surface area contributed by atoms with E-state index in [9.17, 15) is 0 Å². The molecule has 0 spiro atoms. The molecular weight excluding hydrogens is 290 g/mol. The Hall–Kier alpha value is -1.50. The average molecular weight is 303 g/mol. The van der Waals surface area contributed by atoms with Crippen LogP contribution in [0.25, 0.3) is 10.7 Å². The first-order valence-corrected chi connectivity index (χ1v) is 8.26. The van der Waals surface area contributed by atoms with Gasteiger partial charge in [-0.2, -0.15) is 4.98 Å². The maximum absolute atomic E-state index is 5.40. The van der Waals surface area contributed by atoms with Gasteiger partial charge in [0.05, 0.1) is 10.8 Å². The van der Waals surface area contributed by atoms with Gasteiger partial charge in [-0.1, -0.05) is 17.3 Å². The van der Waals surface area contributed by atoms with Gasteiger partial charge in [0.2, 0.25) is 11.7 Å². The molecule has 0 unspecified atom stereocenters. The zero-order chi connectivity index (χ0) is 13.4. The summed E-state index contributed by atoms with van der Waals surface area (Å²) in [6, 6.07) is 8.30. The summed E-state index contributed by atoms with van der Waals surface area (Å²) >= 11 is 3.44. The molecule has 4 heterocycles. The molecule has 1 aliphatic heterocycles. The summed E-state index contributed by atoms with van der Waals surface area (Å²) in [5, 5.41) is 8.22. The molecule has 0 bridgehead atoms. The molecular formula is C14H13N3OS2. The first-order valence-electron chi connectivity index (χ1n) is 6.51. The third-order valence-corrected chi connectivity index (χ3v) is 5.18. The van der Waals surface area contributed by atoms with Crippen molar-refractivity contribution in [3.05, 3.63) is 45.8 Å². The first-order chi connectivity index (χ1) is 9.88. The van der Waals surface area contributed by atoms with Gasteiger partial charge in [0.1, 0.15) is 0 Å². The van der Waals surface area contributed by atoms with Crippen LogP contribution in [0, 0.1) is 0 Å². The minimum absolute atomic E-state index is 0.385. The van der Waals surface area contributed by atoms with E-state index in [4.69, 9.17) is 4.52 Å². The van der Waals surface area contributed by atoms with Crippen molar-refractivity contribution in [3.63, 3.8) is 0 Å². The number of aromatic nitrogens is 2. The van der Waals surface area contributed by atoms with Crippen LogP contribution in [-0.2, 0) is 6.54 Å². The van der Waals surface area contributed by atoms with Crippen LogP contribution >= 0.6 is 22.7 Å². The van der Waals surface area contributed by atoms with Crippen LogP contribution < -0.4 is 0 Å². The largest absolute Gasteiger partial charge is 0.339 e. The van der Waals surface area contributed by atoms with Crippen molar-refractivity contribution in [2.45, 2.75) is 12.5 Å². The molecule has 0 aliphatic carbocycles. The molecule has 3 aromatic heterocycles. The highest BCUT2D eigenvalue weighted by Crippen LogP contribution is 2.30. The van der Waals surface area contributed by atoms with E-state index in [0.717, 1.165) is 30.4 Å². The van der Waals surface area contributed by atoms with Crippen LogP contribution in [0.5, 0.6) is 0 Å². The molecule has 0 saturated carbocycles. The molecule has 1 aliphatic rings. The molecule has 4 nitrogen and oxygen atoms in total. The van der Waals surface area contributed by atoms with Crippen molar-refractivity contribution in [3.8, 4) is 10.7 Å². The van der Waals surface area contributed by atoms with Crippen molar-refractivity contribution in [1.82, 2.24) is 15.0 Å². The Morgan fingerprint density at radius 3 is 2.80 bits per heavy atom. The predicted octanol–water partition coefficient (Wildman–Crippen LogP) is 3.46. The molecule has 0 N–H and O–H groups in total. The Bertz CT molecular complexity index is 669. The zero-order valence-electron chi connectivity index (χ0n) is 10.7. The summed E-state index contributed by atoms with van der Waals surface area (Å²) < 4.78 is 5.40. The highest BCUT2D eigenvalue weighted by atomic mass is 32.1. The van der Waals surface area contributed by atoms with E-state index >= 15 is 0 Å². The van der Waals surface area contributed by atoms with Crippen LogP contribution in [0.4, 0.5) is 0 Å². The van der Waals surface area contributed by atoms with Crippen molar-refractivity contribution in [2.24, 2.45) is 0 Å². The standard InChI is InChI=1S/C14H13N3OS2/c1-3-11(19-5-1)9-17-7-10(8-17)14-15-13(16-18-14)12-4-2-6-20-12/h1-6,10H,7-9H2. The highest BCUT2D eigenvalue weighted by molar-refractivity contribution is 7.13. The van der Waals surface area contributed by atoms with Crippen molar-refractivity contribution in [2.75, 3.05) is 13.1 Å². The lowest BCUT2D eigenvalue weighted by atomic mass is 10.0. The number of hydrogen-bond donors (Lipinski definition) is 0. The number of nitrogens with zero attached hydrogens (tertiary/aromatic N) is 3. The van der Waals surface area contributed by atoms with Crippen LogP contribution in [0.15, 0.2) is 39.5 Å². The summed E-state index contributed by atoms with van der Waals surface area (Å²) in [7, 11) is 0. The molecule has 0 aromatic carbocycles. The van der Waals surface area contributed by atoms with Gasteiger partial charge in [-0.3, -0.25) is 4.90 Å². The van der Waals surface area contributed by atoms with E-state index in [1.54, 1.807) is 11.3 Å². The smallest absolute Gasteiger partial charge is 0.232 e. The van der Waals surface area contributed by atoms with Gasteiger partial charge in [-0.15, -0.1) is 22.7 Å². The molecule has 20 heavy (non-hydrogen) atoms. The normalized spacial score (nSPS) is 16.4. The molecule has 3 aromatic rings. The lowest BCUT2D eigenvalue weighted by Crippen LogP contribution is -2.44. The molecule has 0 atom stereocenters. The average Bonchev–Trinajstić information content (AvgIpc) is 3.13. The van der Waals surface area contributed by atoms with E-state index in [1.807, 2.05) is 28.8 Å². The molecule has 1 fully saturated rings. The predicted molar refractivity (Wildman–Crippen MR) is 79.9 cm³/mol. The Morgan fingerprint density at radius 2 is 2.05 bits per heavy atom. The SMILES string of the molecule is c1csc(CN2CC(c3nc(-c4cccs4)no3)C2)c1. The van der Waals surface area contributed by atoms with E-state index < -0.39 is 0 Å². The molecule has 102 valence electrons. The number of rotatable bonds is 4. The first kappa shape index (κ1) is 12.3. The fourth-order valence-corrected chi connectivity index (χ4v) is 3.78. The second-order valence-corrected chi connectivity index (χ2v) is 6.88. The second-order valence-electron chi connectivity index (χ2n) is 4.90. The van der Waals surface area contributed by atoms with E-state index in [0.29, 0.717) is 11.7 Å². The third-order valence-electron chi connectivity index (χ3n) is 3.45. The van der Waals surface area contributed by atoms with Crippen LogP contribution in [-0.4, -0.2) is 28.1 Å². The maximum Gasteiger partial charge on any atom is 0.232 e. The summed E-state index contributed by atoms with van der Waals surface area (Å²) in [5.74, 6) is 1.87. The fraction of sp³-hybridized carbons (Fsp3) is 0.286. The van der Waals surface area contributed by atoms with Gasteiger partial charge in [0, 0.05) is 24.5 Å². The lowest BCUT2D eigenvalue weighted by Gasteiger charge is -2.36. The summed E-state index contributed by atoms with van der Waals surface area (Å²) in [5.41, 5.74) is 0. The topological polar surface area (TPSA) is 42.2 Å². The third kappa shape index (κ3) is 2.30. The second kappa shape index (κ2) is 5.12. The van der Waals surface area contributed by atoms with Gasteiger partial charge in [0.25, 0.3) is 0 Å². The highest BCUT2D eigenvalue weighted by Gasteiger charge is 2.32. The molecule has 0 radical (unpaired) electrons. The van der Waals surface area contributed by atoms with Crippen molar-refractivity contribution >= 4 is 22.7 Å². The quantitative estimate of drug-likeness (QED) is 0.740. The monoisotopic (exact) mass is 303 g/mol. The van der Waals surface area contributed by atoms with Crippen molar-refractivity contribution in [1.29, 1.82) is 0 Å². The van der Waals surface area contributed by atoms with Crippen LogP contribution in [0.2, 0.25) is 0 Å². The summed E-state index contributed by atoms with van der Waals surface area (Å²) in [6.07, 6.45) is 0.